The Morgan fingerprint density at radius 2 is 1.93 bits per heavy atom. The Hall–Kier alpha value is -2.11. The second-order valence-electron chi connectivity index (χ2n) is 8.10. The van der Waals surface area contributed by atoms with Gasteiger partial charge < -0.3 is 14.2 Å². The quantitative estimate of drug-likeness (QED) is 0.426. The number of esters is 3. The van der Waals surface area contributed by atoms with E-state index in [1.165, 1.54) is 21.0 Å². The third-order valence-corrected chi connectivity index (χ3v) is 6.63. The van der Waals surface area contributed by atoms with Crippen LogP contribution in [-0.4, -0.2) is 37.7 Å². The summed E-state index contributed by atoms with van der Waals surface area (Å²) >= 11 is 0. The Morgan fingerprint density at radius 1 is 1.22 bits per heavy atom. The van der Waals surface area contributed by atoms with Gasteiger partial charge in [0.2, 0.25) is 0 Å². The molecule has 27 heavy (non-hydrogen) atoms. The maximum atomic E-state index is 12.5. The highest BCUT2D eigenvalue weighted by Crippen LogP contribution is 2.70. The Kier molecular flexibility index (Phi) is 5.19. The normalized spacial score (nSPS) is 37.1. The van der Waals surface area contributed by atoms with Crippen LogP contribution in [0.3, 0.4) is 0 Å². The first-order chi connectivity index (χ1) is 12.7. The summed E-state index contributed by atoms with van der Waals surface area (Å²) in [6.07, 6.45) is 3.90. The summed E-state index contributed by atoms with van der Waals surface area (Å²) in [6.45, 7) is 9.21. The van der Waals surface area contributed by atoms with Crippen LogP contribution in [0.25, 0.3) is 0 Å². The van der Waals surface area contributed by atoms with Gasteiger partial charge in [-0.3, -0.25) is 14.4 Å². The smallest absolute Gasteiger partial charge is 0.312 e. The van der Waals surface area contributed by atoms with E-state index in [0.29, 0.717) is 6.42 Å². The van der Waals surface area contributed by atoms with E-state index in [-0.39, 0.29) is 54.3 Å². The van der Waals surface area contributed by atoms with Crippen LogP contribution in [0.5, 0.6) is 0 Å². The Balaban J connectivity index is 1.99. The third kappa shape index (κ3) is 3.30. The summed E-state index contributed by atoms with van der Waals surface area (Å²) in [5, 5.41) is 0. The van der Waals surface area contributed by atoms with E-state index >= 15 is 0 Å². The van der Waals surface area contributed by atoms with Crippen LogP contribution in [0.15, 0.2) is 23.8 Å². The Labute approximate surface area is 159 Å². The fourth-order valence-electron chi connectivity index (χ4n) is 5.41. The molecule has 6 unspecified atom stereocenters. The van der Waals surface area contributed by atoms with Gasteiger partial charge in [-0.05, 0) is 43.1 Å². The van der Waals surface area contributed by atoms with Gasteiger partial charge in [-0.25, -0.2) is 0 Å². The van der Waals surface area contributed by atoms with Crippen molar-refractivity contribution in [3.63, 3.8) is 0 Å². The molecule has 0 aromatic heterocycles. The molecule has 0 heterocycles. The highest BCUT2D eigenvalue weighted by atomic mass is 16.5. The number of methoxy groups -OCH3 is 1. The van der Waals surface area contributed by atoms with Crippen LogP contribution in [0.1, 0.15) is 40.0 Å². The molecule has 0 N–H and O–H groups in total. The SMILES string of the molecule is C=C1CCC2C(C3C(COC(C)=O)=CCC(OC(C)=O)C13)C2(C)C(=O)OC. The fourth-order valence-corrected chi connectivity index (χ4v) is 5.41. The van der Waals surface area contributed by atoms with Crippen molar-refractivity contribution in [3.05, 3.63) is 23.8 Å². The minimum absolute atomic E-state index is 0.0495. The molecule has 2 saturated carbocycles. The van der Waals surface area contributed by atoms with E-state index in [0.717, 1.165) is 24.0 Å². The molecular weight excluding hydrogens is 348 g/mol. The average molecular weight is 376 g/mol. The Bertz CT molecular complexity index is 707. The molecule has 3 aliphatic rings. The van der Waals surface area contributed by atoms with Crippen LogP contribution in [0, 0.1) is 29.1 Å². The van der Waals surface area contributed by atoms with Gasteiger partial charge in [-0.15, -0.1) is 0 Å². The summed E-state index contributed by atoms with van der Waals surface area (Å²) in [5.41, 5.74) is 1.47. The van der Waals surface area contributed by atoms with Gasteiger partial charge in [-0.2, -0.15) is 0 Å². The molecule has 6 atom stereocenters. The van der Waals surface area contributed by atoms with Gasteiger partial charge in [0.05, 0.1) is 12.5 Å². The zero-order chi connectivity index (χ0) is 19.9. The van der Waals surface area contributed by atoms with E-state index in [4.69, 9.17) is 14.2 Å². The predicted molar refractivity (Wildman–Crippen MR) is 97.3 cm³/mol. The molecular formula is C21H28O6. The minimum atomic E-state index is -0.564. The largest absolute Gasteiger partial charge is 0.469 e. The molecule has 0 amide bonds. The number of carbonyl (C=O) groups excluding carboxylic acids is 3. The molecule has 6 nitrogen and oxygen atoms in total. The molecule has 0 saturated heterocycles. The van der Waals surface area contributed by atoms with Crippen LogP contribution < -0.4 is 0 Å². The highest BCUT2D eigenvalue weighted by molar-refractivity contribution is 5.81. The zero-order valence-electron chi connectivity index (χ0n) is 16.4. The van der Waals surface area contributed by atoms with Gasteiger partial charge in [-0.1, -0.05) is 18.2 Å². The summed E-state index contributed by atoms with van der Waals surface area (Å²) in [4.78, 5) is 35.5. The van der Waals surface area contributed by atoms with Crippen molar-refractivity contribution in [1.29, 1.82) is 0 Å². The topological polar surface area (TPSA) is 78.9 Å². The van der Waals surface area contributed by atoms with E-state index in [9.17, 15) is 14.4 Å². The van der Waals surface area contributed by atoms with Crippen molar-refractivity contribution in [2.24, 2.45) is 29.1 Å². The van der Waals surface area contributed by atoms with Gasteiger partial charge in [0.25, 0.3) is 0 Å². The number of rotatable bonds is 4. The van der Waals surface area contributed by atoms with Crippen LogP contribution >= 0.6 is 0 Å². The van der Waals surface area contributed by atoms with Crippen LogP contribution in [0.4, 0.5) is 0 Å². The van der Waals surface area contributed by atoms with E-state index < -0.39 is 5.41 Å². The lowest BCUT2D eigenvalue weighted by atomic mass is 9.69. The van der Waals surface area contributed by atoms with Gasteiger partial charge in [0.1, 0.15) is 12.7 Å². The molecule has 148 valence electrons. The summed E-state index contributed by atoms with van der Waals surface area (Å²) < 4.78 is 16.0. The number of hydrogen-bond donors (Lipinski definition) is 0. The molecule has 0 aromatic carbocycles. The fraction of sp³-hybridized carbons (Fsp3) is 0.667. The maximum Gasteiger partial charge on any atom is 0.312 e. The van der Waals surface area contributed by atoms with E-state index in [1.807, 2.05) is 13.0 Å². The zero-order valence-corrected chi connectivity index (χ0v) is 16.4. The summed E-state index contributed by atoms with van der Waals surface area (Å²) in [6, 6.07) is 0. The average Bonchev–Trinajstić information content (AvgIpc) is 3.25. The van der Waals surface area contributed by atoms with Gasteiger partial charge >= 0.3 is 17.9 Å². The molecule has 2 fully saturated rings. The summed E-state index contributed by atoms with van der Waals surface area (Å²) in [5.74, 6) is -0.744. The molecule has 0 aliphatic heterocycles. The lowest BCUT2D eigenvalue weighted by Gasteiger charge is -2.39. The molecule has 0 aromatic rings. The molecule has 0 radical (unpaired) electrons. The minimum Gasteiger partial charge on any atom is -0.469 e. The monoisotopic (exact) mass is 376 g/mol. The molecule has 0 bridgehead atoms. The lowest BCUT2D eigenvalue weighted by molar-refractivity contribution is -0.151. The first kappa shape index (κ1) is 19.6. The number of fused-ring (bicyclic) bond motifs is 3. The lowest BCUT2D eigenvalue weighted by Crippen LogP contribution is -2.39. The Morgan fingerprint density at radius 3 is 2.52 bits per heavy atom. The summed E-state index contributed by atoms with van der Waals surface area (Å²) in [7, 11) is 1.42. The molecule has 0 spiro atoms. The standard InChI is InChI=1S/C21H28O6/c1-11-6-8-15-19(21(15,4)20(24)25-5)18-14(10-26-12(2)22)7-9-16(17(11)18)27-13(3)23/h7,15-19H,1,6,8-10H2,2-5H3. The van der Waals surface area contributed by atoms with Gasteiger partial charge in [0, 0.05) is 26.2 Å². The highest BCUT2D eigenvalue weighted by Gasteiger charge is 2.71. The predicted octanol–water partition coefficient (Wildman–Crippen LogP) is 2.82. The van der Waals surface area contributed by atoms with Crippen molar-refractivity contribution in [2.45, 2.75) is 46.1 Å². The molecule has 6 heteroatoms. The number of hydrogen-bond acceptors (Lipinski definition) is 6. The first-order valence-corrected chi connectivity index (χ1v) is 9.47. The van der Waals surface area contributed by atoms with Crippen molar-refractivity contribution in [1.82, 2.24) is 0 Å². The van der Waals surface area contributed by atoms with E-state index in [1.54, 1.807) is 0 Å². The maximum absolute atomic E-state index is 12.5. The number of ether oxygens (including phenoxy) is 3. The number of carbonyl (C=O) groups is 3. The van der Waals surface area contributed by atoms with Crippen molar-refractivity contribution in [2.75, 3.05) is 13.7 Å². The van der Waals surface area contributed by atoms with E-state index in [2.05, 4.69) is 6.58 Å². The third-order valence-electron chi connectivity index (χ3n) is 6.63. The first-order valence-electron chi connectivity index (χ1n) is 9.47. The molecule has 3 rings (SSSR count). The van der Waals surface area contributed by atoms with Crippen LogP contribution in [0.2, 0.25) is 0 Å². The second kappa shape index (κ2) is 7.13. The second-order valence-corrected chi connectivity index (χ2v) is 8.10. The van der Waals surface area contributed by atoms with Gasteiger partial charge in [0.15, 0.2) is 0 Å². The van der Waals surface area contributed by atoms with Crippen molar-refractivity contribution < 1.29 is 28.6 Å². The van der Waals surface area contributed by atoms with Crippen molar-refractivity contribution >= 4 is 17.9 Å². The van der Waals surface area contributed by atoms with Crippen molar-refractivity contribution in [3.8, 4) is 0 Å². The molecule has 3 aliphatic carbocycles. The van der Waals surface area contributed by atoms with Crippen LogP contribution in [-0.2, 0) is 28.6 Å².